The first-order chi connectivity index (χ1) is 9.86. The van der Waals surface area contributed by atoms with Crippen LogP contribution < -0.4 is 0 Å². The lowest BCUT2D eigenvalue weighted by Gasteiger charge is -2.19. The molecule has 0 spiro atoms. The summed E-state index contributed by atoms with van der Waals surface area (Å²) in [6.45, 7) is 0. The lowest BCUT2D eigenvalue weighted by Crippen LogP contribution is -2.04. The molecule has 104 valence electrons. The highest BCUT2D eigenvalue weighted by Crippen LogP contribution is 2.32. The summed E-state index contributed by atoms with van der Waals surface area (Å²) in [6.07, 6.45) is 9.04. The summed E-state index contributed by atoms with van der Waals surface area (Å²) in [5.74, 6) is 0. The lowest BCUT2D eigenvalue weighted by molar-refractivity contribution is 0.211. The molecule has 1 aliphatic carbocycles. The van der Waals surface area contributed by atoms with Crippen molar-refractivity contribution in [3.63, 3.8) is 0 Å². The van der Waals surface area contributed by atoms with Gasteiger partial charge in [0, 0.05) is 0 Å². The van der Waals surface area contributed by atoms with Gasteiger partial charge in [0.25, 0.3) is 0 Å². The van der Waals surface area contributed by atoms with Crippen LogP contribution >= 0.6 is 0 Å². The van der Waals surface area contributed by atoms with Crippen molar-refractivity contribution in [3.05, 3.63) is 59.7 Å². The van der Waals surface area contributed by atoms with E-state index in [-0.39, 0.29) is 0 Å². The molecule has 1 nitrogen and oxygen atoms in total. The van der Waals surface area contributed by atoms with Gasteiger partial charge in [-0.3, -0.25) is 0 Å². The molecular formula is C19H22O. The topological polar surface area (TPSA) is 20.2 Å². The zero-order chi connectivity index (χ0) is 13.8. The fraction of sp³-hybridized carbons (Fsp3) is 0.368. The second-order valence-corrected chi connectivity index (χ2v) is 5.70. The van der Waals surface area contributed by atoms with Crippen LogP contribution in [0.4, 0.5) is 0 Å². The molecule has 0 bridgehead atoms. The number of fused-ring (bicyclic) bond motifs is 1. The predicted molar refractivity (Wildman–Crippen MR) is 84.7 cm³/mol. The highest BCUT2D eigenvalue weighted by Gasteiger charge is 2.16. The van der Waals surface area contributed by atoms with Crippen LogP contribution in [0.5, 0.6) is 0 Å². The SMILES string of the molecule is OC(/C1=C/CCCCCC1)c1cccc2ccccc12. The number of hydrogen-bond acceptors (Lipinski definition) is 1. The van der Waals surface area contributed by atoms with E-state index in [1.807, 2.05) is 18.2 Å². The summed E-state index contributed by atoms with van der Waals surface area (Å²) in [5.41, 5.74) is 2.26. The molecule has 0 amide bonds. The first-order valence-electron chi connectivity index (χ1n) is 7.71. The molecule has 0 saturated heterocycles. The molecular weight excluding hydrogens is 244 g/mol. The maximum Gasteiger partial charge on any atom is 0.101 e. The van der Waals surface area contributed by atoms with Crippen molar-refractivity contribution in [1.82, 2.24) is 0 Å². The molecule has 0 aromatic heterocycles. The van der Waals surface area contributed by atoms with Gasteiger partial charge in [0.05, 0.1) is 0 Å². The number of aliphatic hydroxyl groups excluding tert-OH is 1. The molecule has 0 heterocycles. The van der Waals surface area contributed by atoms with Crippen molar-refractivity contribution < 1.29 is 5.11 Å². The van der Waals surface area contributed by atoms with Crippen LogP contribution in [0.15, 0.2) is 54.1 Å². The molecule has 3 rings (SSSR count). The molecule has 0 radical (unpaired) electrons. The Bertz CT molecular complexity index is 607. The second-order valence-electron chi connectivity index (χ2n) is 5.70. The van der Waals surface area contributed by atoms with Crippen molar-refractivity contribution in [3.8, 4) is 0 Å². The fourth-order valence-corrected chi connectivity index (χ4v) is 3.15. The Balaban J connectivity index is 1.97. The Hall–Kier alpha value is -1.60. The minimum atomic E-state index is -0.445. The third-order valence-corrected chi connectivity index (χ3v) is 4.30. The van der Waals surface area contributed by atoms with Crippen LogP contribution in [0.1, 0.15) is 50.2 Å². The maximum absolute atomic E-state index is 10.8. The van der Waals surface area contributed by atoms with Crippen LogP contribution in [-0.2, 0) is 0 Å². The van der Waals surface area contributed by atoms with Gasteiger partial charge in [0.15, 0.2) is 0 Å². The van der Waals surface area contributed by atoms with Crippen molar-refractivity contribution in [2.24, 2.45) is 0 Å². The number of rotatable bonds is 2. The van der Waals surface area contributed by atoms with Gasteiger partial charge >= 0.3 is 0 Å². The highest BCUT2D eigenvalue weighted by atomic mass is 16.3. The van der Waals surface area contributed by atoms with Crippen LogP contribution in [0, 0.1) is 0 Å². The molecule has 1 unspecified atom stereocenters. The first kappa shape index (κ1) is 13.4. The Morgan fingerprint density at radius 3 is 2.60 bits per heavy atom. The number of aliphatic hydroxyl groups is 1. The largest absolute Gasteiger partial charge is 0.384 e. The summed E-state index contributed by atoms with van der Waals surface area (Å²) in [7, 11) is 0. The van der Waals surface area contributed by atoms with E-state index in [4.69, 9.17) is 0 Å². The van der Waals surface area contributed by atoms with Crippen molar-refractivity contribution in [2.75, 3.05) is 0 Å². The van der Waals surface area contributed by atoms with E-state index in [0.29, 0.717) is 0 Å². The van der Waals surface area contributed by atoms with Gasteiger partial charge in [-0.05, 0) is 47.6 Å². The Kier molecular flexibility index (Phi) is 4.17. The summed E-state index contributed by atoms with van der Waals surface area (Å²) in [4.78, 5) is 0. The summed E-state index contributed by atoms with van der Waals surface area (Å²) >= 11 is 0. The van der Waals surface area contributed by atoms with E-state index in [1.165, 1.54) is 42.0 Å². The van der Waals surface area contributed by atoms with E-state index in [9.17, 15) is 5.11 Å². The molecule has 0 aliphatic heterocycles. The van der Waals surface area contributed by atoms with Crippen LogP contribution in [0.2, 0.25) is 0 Å². The van der Waals surface area contributed by atoms with Crippen molar-refractivity contribution in [2.45, 2.75) is 44.6 Å². The summed E-state index contributed by atoms with van der Waals surface area (Å²) < 4.78 is 0. The van der Waals surface area contributed by atoms with E-state index in [0.717, 1.165) is 18.4 Å². The quantitative estimate of drug-likeness (QED) is 0.745. The van der Waals surface area contributed by atoms with E-state index < -0.39 is 6.10 Å². The Morgan fingerprint density at radius 2 is 1.65 bits per heavy atom. The van der Waals surface area contributed by atoms with Gasteiger partial charge in [-0.1, -0.05) is 61.4 Å². The van der Waals surface area contributed by atoms with Crippen molar-refractivity contribution in [1.29, 1.82) is 0 Å². The molecule has 2 aromatic rings. The molecule has 20 heavy (non-hydrogen) atoms. The van der Waals surface area contributed by atoms with Crippen LogP contribution in [-0.4, -0.2) is 5.11 Å². The normalized spacial score (nSPS) is 20.8. The summed E-state index contributed by atoms with van der Waals surface area (Å²) in [6, 6.07) is 14.5. The number of allylic oxidation sites excluding steroid dienone is 1. The van der Waals surface area contributed by atoms with Gasteiger partial charge < -0.3 is 5.11 Å². The second kappa shape index (κ2) is 6.23. The molecule has 1 heteroatoms. The van der Waals surface area contributed by atoms with Crippen LogP contribution in [0.3, 0.4) is 0 Å². The third-order valence-electron chi connectivity index (χ3n) is 4.30. The lowest BCUT2D eigenvalue weighted by atomic mass is 9.90. The minimum Gasteiger partial charge on any atom is -0.384 e. The maximum atomic E-state index is 10.8. The van der Waals surface area contributed by atoms with E-state index in [1.54, 1.807) is 0 Å². The predicted octanol–water partition coefficient (Wildman–Crippen LogP) is 5.15. The standard InChI is InChI=1S/C19H22O/c20-19(16-10-4-2-1-3-5-11-16)18-14-8-12-15-9-6-7-13-17(15)18/h6-10,12-14,19-20H,1-5,11H2/b16-10+. The smallest absolute Gasteiger partial charge is 0.101 e. The Labute approximate surface area is 120 Å². The average molecular weight is 266 g/mol. The summed E-state index contributed by atoms with van der Waals surface area (Å²) in [5, 5.41) is 13.2. The third kappa shape index (κ3) is 2.78. The molecule has 1 aliphatic rings. The molecule has 2 aromatic carbocycles. The van der Waals surface area contributed by atoms with Gasteiger partial charge in [0.1, 0.15) is 6.10 Å². The Morgan fingerprint density at radius 1 is 0.850 bits per heavy atom. The fourth-order valence-electron chi connectivity index (χ4n) is 3.15. The van der Waals surface area contributed by atoms with E-state index in [2.05, 4.69) is 30.3 Å². The monoisotopic (exact) mass is 266 g/mol. The minimum absolute atomic E-state index is 0.445. The van der Waals surface area contributed by atoms with Gasteiger partial charge in [0.2, 0.25) is 0 Å². The van der Waals surface area contributed by atoms with Crippen molar-refractivity contribution >= 4 is 10.8 Å². The molecule has 0 saturated carbocycles. The van der Waals surface area contributed by atoms with E-state index >= 15 is 0 Å². The molecule has 1 N–H and O–H groups in total. The zero-order valence-corrected chi connectivity index (χ0v) is 11.9. The zero-order valence-electron chi connectivity index (χ0n) is 11.9. The number of benzene rings is 2. The number of hydrogen-bond donors (Lipinski definition) is 1. The average Bonchev–Trinajstić information content (AvgIpc) is 2.46. The van der Waals surface area contributed by atoms with Gasteiger partial charge in [-0.2, -0.15) is 0 Å². The highest BCUT2D eigenvalue weighted by molar-refractivity contribution is 5.86. The first-order valence-corrected chi connectivity index (χ1v) is 7.71. The van der Waals surface area contributed by atoms with Gasteiger partial charge in [-0.25, -0.2) is 0 Å². The van der Waals surface area contributed by atoms with Gasteiger partial charge in [-0.15, -0.1) is 0 Å². The molecule has 0 fully saturated rings. The molecule has 1 atom stereocenters. The van der Waals surface area contributed by atoms with Crippen LogP contribution in [0.25, 0.3) is 10.8 Å².